The normalized spacial score (nSPS) is 27.3. The molecular formula is C17H27N5O2. The summed E-state index contributed by atoms with van der Waals surface area (Å²) in [6.45, 7) is 11.1. The Morgan fingerprint density at radius 1 is 1.46 bits per heavy atom. The Bertz CT molecular complexity index is 582. The molecule has 0 aliphatic carbocycles. The van der Waals surface area contributed by atoms with Crippen molar-refractivity contribution < 1.29 is 9.53 Å². The first kappa shape index (κ1) is 16.1. The zero-order chi connectivity index (χ0) is 16.7. The topological polar surface area (TPSA) is 64.7 Å². The second-order valence-corrected chi connectivity index (χ2v) is 7.74. The molecule has 3 saturated heterocycles. The highest BCUT2D eigenvalue weighted by Crippen LogP contribution is 2.36. The van der Waals surface area contributed by atoms with Gasteiger partial charge < -0.3 is 14.6 Å². The van der Waals surface area contributed by atoms with Crippen molar-refractivity contribution in [2.75, 3.05) is 45.9 Å². The lowest BCUT2D eigenvalue weighted by Gasteiger charge is -2.63. The van der Waals surface area contributed by atoms with Gasteiger partial charge in [0.1, 0.15) is 0 Å². The number of H-pyrrole nitrogens is 1. The fourth-order valence-electron chi connectivity index (χ4n) is 4.52. The SMILES string of the molecule is CC(C)C(=O)N1CC2COCCN2C2(CN(Cc3cnc[nH]3)C2)C1. The Morgan fingerprint density at radius 2 is 2.29 bits per heavy atom. The minimum Gasteiger partial charge on any atom is -0.378 e. The molecule has 4 rings (SSSR count). The van der Waals surface area contributed by atoms with Gasteiger partial charge in [-0.1, -0.05) is 13.8 Å². The summed E-state index contributed by atoms with van der Waals surface area (Å²) in [6.07, 6.45) is 3.62. The van der Waals surface area contributed by atoms with E-state index in [0.717, 1.165) is 58.2 Å². The molecule has 3 aliphatic heterocycles. The van der Waals surface area contributed by atoms with Crippen LogP contribution in [0.4, 0.5) is 0 Å². The van der Waals surface area contributed by atoms with Crippen molar-refractivity contribution in [1.29, 1.82) is 0 Å². The van der Waals surface area contributed by atoms with E-state index in [-0.39, 0.29) is 17.4 Å². The number of nitrogens with zero attached hydrogens (tertiary/aromatic N) is 4. The quantitative estimate of drug-likeness (QED) is 0.854. The maximum Gasteiger partial charge on any atom is 0.225 e. The summed E-state index contributed by atoms with van der Waals surface area (Å²) in [7, 11) is 0. The Kier molecular flexibility index (Phi) is 4.10. The lowest BCUT2D eigenvalue weighted by atomic mass is 9.82. The average Bonchev–Trinajstić information content (AvgIpc) is 3.05. The molecule has 0 bridgehead atoms. The highest BCUT2D eigenvalue weighted by atomic mass is 16.5. The van der Waals surface area contributed by atoms with Gasteiger partial charge in [0, 0.05) is 57.1 Å². The molecule has 0 saturated carbocycles. The molecule has 1 aromatic heterocycles. The highest BCUT2D eigenvalue weighted by Gasteiger charge is 2.54. The summed E-state index contributed by atoms with van der Waals surface area (Å²) >= 11 is 0. The molecule has 1 aromatic rings. The number of morpholine rings is 1. The van der Waals surface area contributed by atoms with Crippen LogP contribution in [0.5, 0.6) is 0 Å². The number of piperazine rings is 1. The summed E-state index contributed by atoms with van der Waals surface area (Å²) in [4.78, 5) is 27.0. The minimum absolute atomic E-state index is 0.0549. The highest BCUT2D eigenvalue weighted by molar-refractivity contribution is 5.78. The number of carbonyl (C=O) groups is 1. The lowest BCUT2D eigenvalue weighted by molar-refractivity contribution is -0.177. The molecule has 132 valence electrons. The molecule has 1 unspecified atom stereocenters. The Labute approximate surface area is 143 Å². The van der Waals surface area contributed by atoms with Crippen molar-refractivity contribution in [3.8, 4) is 0 Å². The van der Waals surface area contributed by atoms with E-state index in [0.29, 0.717) is 6.04 Å². The smallest absolute Gasteiger partial charge is 0.225 e. The van der Waals surface area contributed by atoms with Crippen LogP contribution in [-0.2, 0) is 16.1 Å². The van der Waals surface area contributed by atoms with Crippen molar-refractivity contribution in [3.63, 3.8) is 0 Å². The number of amides is 1. The van der Waals surface area contributed by atoms with E-state index in [9.17, 15) is 4.79 Å². The Balaban J connectivity index is 1.48. The molecule has 7 heteroatoms. The van der Waals surface area contributed by atoms with Crippen molar-refractivity contribution >= 4 is 5.91 Å². The van der Waals surface area contributed by atoms with E-state index in [1.165, 1.54) is 0 Å². The summed E-state index contributed by atoms with van der Waals surface area (Å²) in [5.74, 6) is 0.325. The molecule has 1 N–H and O–H groups in total. The van der Waals surface area contributed by atoms with Crippen LogP contribution in [-0.4, -0.2) is 88.1 Å². The third-order valence-corrected chi connectivity index (χ3v) is 5.54. The standard InChI is InChI=1S/C17H27N5O2/c1-13(2)16(23)21-7-15-8-24-4-3-22(15)17(11-21)9-20(10-17)6-14-5-18-12-19-14/h5,12-13,15H,3-4,6-11H2,1-2H3,(H,18,19). The number of imidazole rings is 1. The van der Waals surface area contributed by atoms with Gasteiger partial charge in [-0.2, -0.15) is 0 Å². The average molecular weight is 333 g/mol. The van der Waals surface area contributed by atoms with Crippen LogP contribution in [0, 0.1) is 5.92 Å². The van der Waals surface area contributed by atoms with Crippen LogP contribution in [0.25, 0.3) is 0 Å². The summed E-state index contributed by atoms with van der Waals surface area (Å²) < 4.78 is 5.69. The van der Waals surface area contributed by atoms with Crippen molar-refractivity contribution in [2.45, 2.75) is 32.0 Å². The maximum atomic E-state index is 12.6. The van der Waals surface area contributed by atoms with Gasteiger partial charge in [0.25, 0.3) is 0 Å². The number of ether oxygens (including phenoxy) is 1. The van der Waals surface area contributed by atoms with Crippen LogP contribution in [0.2, 0.25) is 0 Å². The summed E-state index contributed by atoms with van der Waals surface area (Å²) in [5, 5.41) is 0. The molecule has 1 atom stereocenters. The first-order valence-electron chi connectivity index (χ1n) is 8.90. The number of likely N-dealkylation sites (tertiary alicyclic amines) is 1. The van der Waals surface area contributed by atoms with Gasteiger partial charge in [0.15, 0.2) is 0 Å². The maximum absolute atomic E-state index is 12.6. The van der Waals surface area contributed by atoms with Gasteiger partial charge in [-0.3, -0.25) is 14.6 Å². The number of hydrogen-bond acceptors (Lipinski definition) is 5. The van der Waals surface area contributed by atoms with Gasteiger partial charge in [-0.15, -0.1) is 0 Å². The Hall–Kier alpha value is -1.44. The van der Waals surface area contributed by atoms with Crippen LogP contribution < -0.4 is 0 Å². The molecule has 24 heavy (non-hydrogen) atoms. The molecule has 0 aromatic carbocycles. The first-order chi connectivity index (χ1) is 11.6. The van der Waals surface area contributed by atoms with E-state index < -0.39 is 0 Å². The minimum atomic E-state index is 0.0549. The molecular weight excluding hydrogens is 306 g/mol. The zero-order valence-corrected chi connectivity index (χ0v) is 14.6. The number of aromatic amines is 1. The van der Waals surface area contributed by atoms with Crippen LogP contribution in [0.3, 0.4) is 0 Å². The number of fused-ring (bicyclic) bond motifs is 2. The van der Waals surface area contributed by atoms with Gasteiger partial charge >= 0.3 is 0 Å². The van der Waals surface area contributed by atoms with E-state index in [2.05, 4.69) is 24.7 Å². The number of aromatic nitrogens is 2. The largest absolute Gasteiger partial charge is 0.378 e. The lowest BCUT2D eigenvalue weighted by Crippen LogP contribution is -2.80. The molecule has 4 heterocycles. The number of carbonyl (C=O) groups excluding carboxylic acids is 1. The third kappa shape index (κ3) is 2.74. The molecule has 1 spiro atoms. The molecule has 7 nitrogen and oxygen atoms in total. The second kappa shape index (κ2) is 6.13. The first-order valence-corrected chi connectivity index (χ1v) is 8.90. The van der Waals surface area contributed by atoms with Gasteiger partial charge in [0.2, 0.25) is 5.91 Å². The van der Waals surface area contributed by atoms with E-state index in [4.69, 9.17) is 4.74 Å². The van der Waals surface area contributed by atoms with E-state index in [1.807, 2.05) is 20.0 Å². The zero-order valence-electron chi connectivity index (χ0n) is 14.6. The Morgan fingerprint density at radius 3 is 3.00 bits per heavy atom. The number of nitrogens with one attached hydrogen (secondary N) is 1. The molecule has 1 amide bonds. The fourth-order valence-corrected chi connectivity index (χ4v) is 4.52. The predicted octanol–water partition coefficient (Wildman–Crippen LogP) is 0.163. The monoisotopic (exact) mass is 333 g/mol. The molecule has 3 fully saturated rings. The number of hydrogen-bond donors (Lipinski definition) is 1. The molecule has 3 aliphatic rings. The summed E-state index contributed by atoms with van der Waals surface area (Å²) in [6, 6.07) is 0.338. The van der Waals surface area contributed by atoms with E-state index >= 15 is 0 Å². The van der Waals surface area contributed by atoms with E-state index in [1.54, 1.807) is 6.33 Å². The fraction of sp³-hybridized carbons (Fsp3) is 0.765. The van der Waals surface area contributed by atoms with Crippen molar-refractivity contribution in [3.05, 3.63) is 18.2 Å². The number of rotatable bonds is 3. The van der Waals surface area contributed by atoms with Crippen LogP contribution >= 0.6 is 0 Å². The van der Waals surface area contributed by atoms with Gasteiger partial charge in [-0.25, -0.2) is 4.98 Å². The van der Waals surface area contributed by atoms with Crippen molar-refractivity contribution in [2.24, 2.45) is 5.92 Å². The van der Waals surface area contributed by atoms with Crippen molar-refractivity contribution in [1.82, 2.24) is 24.7 Å². The van der Waals surface area contributed by atoms with Crippen LogP contribution in [0.15, 0.2) is 12.5 Å². The summed E-state index contributed by atoms with van der Waals surface area (Å²) in [5.41, 5.74) is 1.24. The molecule has 0 radical (unpaired) electrons. The second-order valence-electron chi connectivity index (χ2n) is 7.74. The van der Waals surface area contributed by atoms with Crippen LogP contribution in [0.1, 0.15) is 19.5 Å². The third-order valence-electron chi connectivity index (χ3n) is 5.54. The predicted molar refractivity (Wildman–Crippen MR) is 89.3 cm³/mol. The van der Waals surface area contributed by atoms with Gasteiger partial charge in [-0.05, 0) is 0 Å². The van der Waals surface area contributed by atoms with Gasteiger partial charge in [0.05, 0.1) is 31.1 Å².